The van der Waals surface area contributed by atoms with E-state index in [4.69, 9.17) is 41.4 Å². The molecule has 42 heavy (non-hydrogen) atoms. The average molecular weight is 623 g/mol. The molecule has 2 aromatic heterocycles. The maximum atomic E-state index is 13.2. The maximum Gasteiger partial charge on any atom is 0.503 e. The van der Waals surface area contributed by atoms with E-state index in [2.05, 4.69) is 23.2 Å². The van der Waals surface area contributed by atoms with Crippen LogP contribution in [0.4, 0.5) is 4.79 Å². The molecule has 3 N–H and O–H groups in total. The van der Waals surface area contributed by atoms with Crippen molar-refractivity contribution < 1.29 is 24.5 Å². The number of carbonyl (C=O) groups excluding carboxylic acids is 1. The zero-order chi connectivity index (χ0) is 29.9. The molecule has 0 spiro atoms. The molecule has 1 saturated carbocycles. The van der Waals surface area contributed by atoms with Crippen LogP contribution in [-0.4, -0.2) is 75.2 Å². The predicted molar refractivity (Wildman–Crippen MR) is 167 cm³/mol. The molecule has 1 aliphatic carbocycles. The fraction of sp³-hybridized carbons (Fsp3) is 0.467. The Hall–Kier alpha value is -3.34. The van der Waals surface area contributed by atoms with Gasteiger partial charge in [0.25, 0.3) is 5.91 Å². The molecule has 230 valence electrons. The zero-order valence-electron chi connectivity index (χ0n) is 24.6. The molecule has 1 aliphatic rings. The Balaban J connectivity index is 0.00000116. The van der Waals surface area contributed by atoms with Crippen molar-refractivity contribution in [1.29, 1.82) is 0 Å². The highest BCUT2D eigenvalue weighted by atomic mass is 35.5. The summed E-state index contributed by atoms with van der Waals surface area (Å²) < 4.78 is 7.96. The lowest BCUT2D eigenvalue weighted by Crippen LogP contribution is -2.36. The number of carbonyl (C=O) groups is 2. The van der Waals surface area contributed by atoms with Crippen molar-refractivity contribution in [1.82, 2.24) is 25.0 Å². The molecule has 10 nitrogen and oxygen atoms in total. The Kier molecular flexibility index (Phi) is 14.1. The summed E-state index contributed by atoms with van der Waals surface area (Å²) in [5, 5.41) is 22.4. The fourth-order valence-corrected chi connectivity index (χ4v) is 4.98. The van der Waals surface area contributed by atoms with Gasteiger partial charge >= 0.3 is 6.16 Å². The molecule has 1 fully saturated rings. The van der Waals surface area contributed by atoms with E-state index < -0.39 is 6.16 Å². The van der Waals surface area contributed by atoms with E-state index in [0.29, 0.717) is 28.8 Å². The molecule has 0 atom stereocenters. The number of hydrogen-bond acceptors (Lipinski definition) is 6. The van der Waals surface area contributed by atoms with Crippen LogP contribution in [-0.2, 0) is 6.42 Å². The molecular weight excluding hydrogens is 581 g/mol. The lowest BCUT2D eigenvalue weighted by atomic mass is 9.95. The number of amides is 1. The monoisotopic (exact) mass is 621 g/mol. The van der Waals surface area contributed by atoms with E-state index in [-0.39, 0.29) is 24.4 Å². The standard InChI is InChI=1S/C29H38ClN5O2.CH2O3.ClH/c1-5-23-18-20(2)33-35(23)26-15-14-25(29(36)31-22-10-7-6-8-11-22)32-28(26)21-12-13-24(30)27(19-21)37-17-9-16-34(3)4;2-1(3)4;/h12-15,18-19,22H,5-11,16-17H2,1-4H3,(H,31,36);(H2,2,3,4);1H. The van der Waals surface area contributed by atoms with Gasteiger partial charge in [0, 0.05) is 23.8 Å². The largest absolute Gasteiger partial charge is 0.503 e. The second kappa shape index (κ2) is 16.9. The van der Waals surface area contributed by atoms with Crippen molar-refractivity contribution >= 4 is 36.1 Å². The normalized spacial score (nSPS) is 13.1. The topological polar surface area (TPSA) is 130 Å². The lowest BCUT2D eigenvalue weighted by molar-refractivity contribution is 0.0922. The highest BCUT2D eigenvalue weighted by molar-refractivity contribution is 6.32. The maximum absolute atomic E-state index is 13.2. The molecular formula is C30H41Cl2N5O5. The van der Waals surface area contributed by atoms with Gasteiger partial charge in [-0.05, 0) is 77.0 Å². The summed E-state index contributed by atoms with van der Waals surface area (Å²) in [6.07, 6.45) is 5.48. The van der Waals surface area contributed by atoms with Crippen LogP contribution in [0.2, 0.25) is 5.02 Å². The highest BCUT2D eigenvalue weighted by Gasteiger charge is 2.21. The van der Waals surface area contributed by atoms with Crippen LogP contribution < -0.4 is 10.1 Å². The van der Waals surface area contributed by atoms with Crippen LogP contribution in [0.1, 0.15) is 67.3 Å². The zero-order valence-corrected chi connectivity index (χ0v) is 26.2. The molecule has 1 aromatic carbocycles. The van der Waals surface area contributed by atoms with E-state index in [0.717, 1.165) is 67.7 Å². The Labute approximate surface area is 258 Å². The molecule has 0 unspecified atom stereocenters. The van der Waals surface area contributed by atoms with Gasteiger partial charge in [0.1, 0.15) is 11.4 Å². The number of aryl methyl sites for hydroxylation is 2. The Morgan fingerprint density at radius 2 is 1.81 bits per heavy atom. The van der Waals surface area contributed by atoms with Crippen LogP contribution in [0.3, 0.4) is 0 Å². The number of aromatic nitrogens is 3. The SMILES string of the molecule is CCc1cc(C)nn1-c1ccc(C(=O)NC2CCCCC2)nc1-c1ccc(Cl)c(OCCCN(C)C)c1.Cl.O=C(O)O. The van der Waals surface area contributed by atoms with E-state index in [1.807, 2.05) is 50.0 Å². The van der Waals surface area contributed by atoms with Gasteiger partial charge in [-0.15, -0.1) is 12.4 Å². The molecule has 0 bridgehead atoms. The minimum Gasteiger partial charge on any atom is -0.492 e. The second-order valence-corrected chi connectivity index (χ2v) is 10.8. The van der Waals surface area contributed by atoms with Crippen molar-refractivity contribution in [2.45, 2.75) is 64.8 Å². The number of hydrogen-bond donors (Lipinski definition) is 3. The van der Waals surface area contributed by atoms with Gasteiger partial charge in [0.2, 0.25) is 0 Å². The minimum absolute atomic E-state index is 0. The highest BCUT2D eigenvalue weighted by Crippen LogP contribution is 2.33. The van der Waals surface area contributed by atoms with Gasteiger partial charge in [-0.25, -0.2) is 14.5 Å². The van der Waals surface area contributed by atoms with Gasteiger partial charge in [-0.1, -0.05) is 43.9 Å². The molecule has 4 rings (SSSR count). The van der Waals surface area contributed by atoms with Crippen LogP contribution in [0.15, 0.2) is 36.4 Å². The van der Waals surface area contributed by atoms with Crippen molar-refractivity contribution in [3.8, 4) is 22.7 Å². The third-order valence-electron chi connectivity index (χ3n) is 6.75. The molecule has 0 aliphatic heterocycles. The summed E-state index contributed by atoms with van der Waals surface area (Å²) in [7, 11) is 4.08. The van der Waals surface area contributed by atoms with Gasteiger partial charge in [-0.3, -0.25) is 4.79 Å². The van der Waals surface area contributed by atoms with E-state index in [1.54, 1.807) is 6.07 Å². The number of nitrogens with zero attached hydrogens (tertiary/aromatic N) is 4. The number of pyridine rings is 1. The first kappa shape index (κ1) is 34.9. The summed E-state index contributed by atoms with van der Waals surface area (Å²) in [6, 6.07) is 11.7. The molecule has 2 heterocycles. The summed E-state index contributed by atoms with van der Waals surface area (Å²) in [5.74, 6) is 0.469. The van der Waals surface area contributed by atoms with Crippen LogP contribution in [0.5, 0.6) is 5.75 Å². The number of benzene rings is 1. The van der Waals surface area contributed by atoms with Gasteiger partial charge in [0.15, 0.2) is 0 Å². The summed E-state index contributed by atoms with van der Waals surface area (Å²) >= 11 is 6.49. The van der Waals surface area contributed by atoms with Crippen molar-refractivity contribution in [3.05, 3.63) is 58.5 Å². The van der Waals surface area contributed by atoms with Crippen LogP contribution in [0.25, 0.3) is 16.9 Å². The summed E-state index contributed by atoms with van der Waals surface area (Å²) in [4.78, 5) is 28.7. The quantitative estimate of drug-likeness (QED) is 0.219. The van der Waals surface area contributed by atoms with E-state index in [1.165, 1.54) is 6.42 Å². The number of nitrogens with one attached hydrogen (secondary N) is 1. The minimum atomic E-state index is -1.83. The van der Waals surface area contributed by atoms with Gasteiger partial charge in [0.05, 0.1) is 28.7 Å². The fourth-order valence-electron chi connectivity index (χ4n) is 4.81. The molecule has 3 aromatic rings. The number of ether oxygens (including phenoxy) is 1. The molecule has 0 saturated heterocycles. The second-order valence-electron chi connectivity index (χ2n) is 10.3. The van der Waals surface area contributed by atoms with Crippen LogP contribution >= 0.6 is 24.0 Å². The van der Waals surface area contributed by atoms with Crippen molar-refractivity contribution in [3.63, 3.8) is 0 Å². The Bertz CT molecular complexity index is 1320. The molecule has 12 heteroatoms. The number of carboxylic acid groups (broad SMARTS) is 2. The molecule has 0 radical (unpaired) electrons. The van der Waals surface area contributed by atoms with Gasteiger partial charge < -0.3 is 25.2 Å². The Morgan fingerprint density at radius 3 is 2.45 bits per heavy atom. The first-order chi connectivity index (χ1) is 19.6. The first-order valence-electron chi connectivity index (χ1n) is 14.0. The van der Waals surface area contributed by atoms with Crippen LogP contribution in [0, 0.1) is 6.92 Å². The Morgan fingerprint density at radius 1 is 1.12 bits per heavy atom. The van der Waals surface area contributed by atoms with E-state index >= 15 is 0 Å². The summed E-state index contributed by atoms with van der Waals surface area (Å²) in [6.45, 7) is 5.58. The van der Waals surface area contributed by atoms with Crippen molar-refractivity contribution in [2.75, 3.05) is 27.2 Å². The predicted octanol–water partition coefficient (Wildman–Crippen LogP) is 6.50. The van der Waals surface area contributed by atoms with Crippen molar-refractivity contribution in [2.24, 2.45) is 0 Å². The summed E-state index contributed by atoms with van der Waals surface area (Å²) in [5.41, 5.74) is 4.72. The van der Waals surface area contributed by atoms with E-state index in [9.17, 15) is 4.79 Å². The smallest absolute Gasteiger partial charge is 0.492 e. The third kappa shape index (κ3) is 10.2. The molecule has 1 amide bonds. The average Bonchev–Trinajstić information content (AvgIpc) is 3.32. The first-order valence-corrected chi connectivity index (χ1v) is 14.3. The van der Waals surface area contributed by atoms with Gasteiger partial charge in [-0.2, -0.15) is 5.10 Å². The number of rotatable bonds is 10. The number of halogens is 2. The third-order valence-corrected chi connectivity index (χ3v) is 7.07. The lowest BCUT2D eigenvalue weighted by Gasteiger charge is -2.22.